The summed E-state index contributed by atoms with van der Waals surface area (Å²) in [6.45, 7) is 2.06. The SMILES string of the molecule is CCOC(=O)c1cnc(OC)nc1-c1ccccc1I. The lowest BCUT2D eigenvalue weighted by atomic mass is 10.1. The molecule has 0 bridgehead atoms. The highest BCUT2D eigenvalue weighted by Crippen LogP contribution is 2.27. The molecule has 2 rings (SSSR count). The Balaban J connectivity index is 2.59. The number of ether oxygens (including phenoxy) is 2. The summed E-state index contributed by atoms with van der Waals surface area (Å²) in [5.74, 6) is -0.440. The van der Waals surface area contributed by atoms with E-state index in [9.17, 15) is 4.79 Å². The van der Waals surface area contributed by atoms with Crippen molar-refractivity contribution in [2.45, 2.75) is 6.92 Å². The Hall–Kier alpha value is -1.70. The Bertz CT molecular complexity index is 632. The molecule has 20 heavy (non-hydrogen) atoms. The monoisotopic (exact) mass is 384 g/mol. The van der Waals surface area contributed by atoms with Gasteiger partial charge in [0.2, 0.25) is 0 Å². The predicted molar refractivity (Wildman–Crippen MR) is 82.7 cm³/mol. The van der Waals surface area contributed by atoms with E-state index < -0.39 is 5.97 Å². The van der Waals surface area contributed by atoms with Crippen molar-refractivity contribution in [3.63, 3.8) is 0 Å². The quantitative estimate of drug-likeness (QED) is 0.599. The van der Waals surface area contributed by atoms with Gasteiger partial charge < -0.3 is 9.47 Å². The molecule has 0 aliphatic rings. The molecule has 0 amide bonds. The molecule has 0 saturated carbocycles. The van der Waals surface area contributed by atoms with Crippen molar-refractivity contribution in [3.8, 4) is 17.3 Å². The molecule has 104 valence electrons. The predicted octanol–water partition coefficient (Wildman–Crippen LogP) is 2.93. The van der Waals surface area contributed by atoms with Crippen LogP contribution in [0.4, 0.5) is 0 Å². The Morgan fingerprint density at radius 1 is 1.35 bits per heavy atom. The first-order chi connectivity index (χ1) is 9.67. The largest absolute Gasteiger partial charge is 0.467 e. The second-order valence-corrected chi connectivity index (χ2v) is 4.98. The first kappa shape index (κ1) is 14.7. The highest BCUT2D eigenvalue weighted by atomic mass is 127. The number of halogens is 1. The topological polar surface area (TPSA) is 61.3 Å². The number of hydrogen-bond donors (Lipinski definition) is 0. The van der Waals surface area contributed by atoms with Crippen LogP contribution in [0.1, 0.15) is 17.3 Å². The molecule has 0 radical (unpaired) electrons. The minimum Gasteiger partial charge on any atom is -0.467 e. The fraction of sp³-hybridized carbons (Fsp3) is 0.214. The summed E-state index contributed by atoms with van der Waals surface area (Å²) in [7, 11) is 1.49. The van der Waals surface area contributed by atoms with Crippen LogP contribution in [0, 0.1) is 3.57 Å². The van der Waals surface area contributed by atoms with Crippen molar-refractivity contribution in [2.75, 3.05) is 13.7 Å². The number of esters is 1. The number of hydrogen-bond acceptors (Lipinski definition) is 5. The van der Waals surface area contributed by atoms with Crippen LogP contribution in [0.25, 0.3) is 11.3 Å². The first-order valence-electron chi connectivity index (χ1n) is 6.00. The maximum Gasteiger partial charge on any atom is 0.341 e. The zero-order valence-electron chi connectivity index (χ0n) is 11.1. The Morgan fingerprint density at radius 2 is 2.10 bits per heavy atom. The zero-order chi connectivity index (χ0) is 14.5. The third-order valence-electron chi connectivity index (χ3n) is 2.57. The van der Waals surface area contributed by atoms with Gasteiger partial charge in [0.1, 0.15) is 5.56 Å². The summed E-state index contributed by atoms with van der Waals surface area (Å²) in [5.41, 5.74) is 1.69. The molecular weight excluding hydrogens is 371 g/mol. The van der Waals surface area contributed by atoms with Crippen LogP contribution >= 0.6 is 22.6 Å². The number of benzene rings is 1. The summed E-state index contributed by atoms with van der Waals surface area (Å²) in [6, 6.07) is 7.87. The van der Waals surface area contributed by atoms with Crippen molar-refractivity contribution in [1.29, 1.82) is 0 Å². The van der Waals surface area contributed by atoms with E-state index in [0.29, 0.717) is 17.9 Å². The van der Waals surface area contributed by atoms with Gasteiger partial charge in [-0.3, -0.25) is 0 Å². The van der Waals surface area contributed by atoms with Crippen LogP contribution in [0.3, 0.4) is 0 Å². The number of methoxy groups -OCH3 is 1. The van der Waals surface area contributed by atoms with E-state index in [1.807, 2.05) is 24.3 Å². The van der Waals surface area contributed by atoms with Gasteiger partial charge >= 0.3 is 12.0 Å². The Kier molecular flexibility index (Phi) is 4.89. The van der Waals surface area contributed by atoms with Crippen molar-refractivity contribution < 1.29 is 14.3 Å². The number of carbonyl (C=O) groups excluding carboxylic acids is 1. The molecule has 2 aromatic rings. The number of aromatic nitrogens is 2. The number of rotatable bonds is 4. The highest BCUT2D eigenvalue weighted by molar-refractivity contribution is 14.1. The first-order valence-corrected chi connectivity index (χ1v) is 7.08. The van der Waals surface area contributed by atoms with E-state index in [-0.39, 0.29) is 6.01 Å². The van der Waals surface area contributed by atoms with E-state index in [0.717, 1.165) is 9.13 Å². The summed E-state index contributed by atoms with van der Waals surface area (Å²) < 4.78 is 11.1. The maximum absolute atomic E-state index is 12.0. The van der Waals surface area contributed by atoms with Crippen LogP contribution in [-0.2, 0) is 4.74 Å². The summed E-state index contributed by atoms with van der Waals surface area (Å²) in [6.07, 6.45) is 1.43. The van der Waals surface area contributed by atoms with Gasteiger partial charge in [0.25, 0.3) is 0 Å². The van der Waals surface area contributed by atoms with E-state index in [2.05, 4.69) is 32.6 Å². The van der Waals surface area contributed by atoms with Crippen molar-refractivity contribution in [1.82, 2.24) is 9.97 Å². The summed E-state index contributed by atoms with van der Waals surface area (Å²) in [4.78, 5) is 20.3. The molecule has 1 heterocycles. The molecule has 1 aromatic heterocycles. The molecule has 0 unspecified atom stereocenters. The van der Waals surface area contributed by atoms with E-state index in [4.69, 9.17) is 9.47 Å². The number of nitrogens with zero attached hydrogens (tertiary/aromatic N) is 2. The van der Waals surface area contributed by atoms with Gasteiger partial charge in [-0.05, 0) is 35.6 Å². The average molecular weight is 384 g/mol. The van der Waals surface area contributed by atoms with Gasteiger partial charge in [-0.1, -0.05) is 18.2 Å². The lowest BCUT2D eigenvalue weighted by Crippen LogP contribution is -2.09. The Labute approximate surface area is 130 Å². The third-order valence-corrected chi connectivity index (χ3v) is 3.51. The molecule has 0 N–H and O–H groups in total. The molecule has 1 aromatic carbocycles. The average Bonchev–Trinajstić information content (AvgIpc) is 2.47. The third kappa shape index (κ3) is 3.06. The van der Waals surface area contributed by atoms with Gasteiger partial charge in [0.15, 0.2) is 0 Å². The maximum atomic E-state index is 12.0. The second kappa shape index (κ2) is 6.65. The minimum atomic E-state index is -0.440. The van der Waals surface area contributed by atoms with Gasteiger partial charge in [-0.25, -0.2) is 9.78 Å². The minimum absolute atomic E-state index is 0.215. The van der Waals surface area contributed by atoms with Crippen molar-refractivity contribution in [2.24, 2.45) is 0 Å². The van der Waals surface area contributed by atoms with Gasteiger partial charge in [0, 0.05) is 15.3 Å². The lowest BCUT2D eigenvalue weighted by Gasteiger charge is -2.10. The summed E-state index contributed by atoms with van der Waals surface area (Å²) >= 11 is 2.20. The lowest BCUT2D eigenvalue weighted by molar-refractivity contribution is 0.0526. The van der Waals surface area contributed by atoms with Crippen molar-refractivity contribution in [3.05, 3.63) is 39.6 Å². The van der Waals surface area contributed by atoms with E-state index in [1.165, 1.54) is 13.3 Å². The summed E-state index contributed by atoms with van der Waals surface area (Å²) in [5, 5.41) is 0. The standard InChI is InChI=1S/C14H13IN2O3/c1-3-20-13(18)10-8-16-14(19-2)17-12(10)9-6-4-5-7-11(9)15/h4-8H,3H2,1-2H3. The number of carbonyl (C=O) groups is 1. The van der Waals surface area contributed by atoms with Crippen LogP contribution in [0.5, 0.6) is 6.01 Å². The van der Waals surface area contributed by atoms with E-state index in [1.54, 1.807) is 6.92 Å². The van der Waals surface area contributed by atoms with Crippen molar-refractivity contribution >= 4 is 28.6 Å². The Morgan fingerprint density at radius 3 is 2.75 bits per heavy atom. The molecule has 6 heteroatoms. The van der Waals surface area contributed by atoms with Crippen LogP contribution < -0.4 is 4.74 Å². The zero-order valence-corrected chi connectivity index (χ0v) is 13.2. The normalized spacial score (nSPS) is 10.2. The van der Waals surface area contributed by atoms with E-state index >= 15 is 0 Å². The molecule has 0 fully saturated rings. The molecule has 0 spiro atoms. The molecule has 0 atom stereocenters. The van der Waals surface area contributed by atoms with Gasteiger partial charge in [0.05, 0.1) is 19.4 Å². The second-order valence-electron chi connectivity index (χ2n) is 3.82. The van der Waals surface area contributed by atoms with Crippen LogP contribution in [0.2, 0.25) is 0 Å². The fourth-order valence-electron chi connectivity index (χ4n) is 1.68. The fourth-order valence-corrected chi connectivity index (χ4v) is 2.32. The molecule has 0 aliphatic carbocycles. The molecular formula is C14H13IN2O3. The molecule has 0 aliphatic heterocycles. The highest BCUT2D eigenvalue weighted by Gasteiger charge is 2.19. The van der Waals surface area contributed by atoms with Crippen LogP contribution in [0.15, 0.2) is 30.5 Å². The van der Waals surface area contributed by atoms with Crippen LogP contribution in [-0.4, -0.2) is 29.7 Å². The molecule has 0 saturated heterocycles. The van der Waals surface area contributed by atoms with Gasteiger partial charge in [-0.2, -0.15) is 4.98 Å². The smallest absolute Gasteiger partial charge is 0.341 e. The van der Waals surface area contributed by atoms with Gasteiger partial charge in [-0.15, -0.1) is 0 Å². The molecule has 5 nitrogen and oxygen atoms in total.